The van der Waals surface area contributed by atoms with Crippen LogP contribution in [0.3, 0.4) is 0 Å². The summed E-state index contributed by atoms with van der Waals surface area (Å²) < 4.78 is 5.32. The molecule has 8 heteroatoms. The number of aliphatic hydroxyl groups excluding tert-OH is 1. The Labute approximate surface area is 176 Å². The van der Waals surface area contributed by atoms with E-state index < -0.39 is 11.9 Å². The van der Waals surface area contributed by atoms with Crippen molar-refractivity contribution in [3.05, 3.63) is 83.0 Å². The molecular weight excluding hydrogens is 398 g/mol. The number of hydrogen-bond donors (Lipinski definition) is 3. The van der Waals surface area contributed by atoms with Crippen LogP contribution in [-0.2, 0) is 6.61 Å². The number of rotatable bonds is 5. The first kappa shape index (κ1) is 19.8. The Morgan fingerprint density at radius 3 is 2.61 bits per heavy atom. The quantitative estimate of drug-likeness (QED) is 0.452. The van der Waals surface area contributed by atoms with Gasteiger partial charge in [0.15, 0.2) is 11.3 Å². The van der Waals surface area contributed by atoms with Gasteiger partial charge in [0.05, 0.1) is 34.9 Å². The van der Waals surface area contributed by atoms with Crippen molar-refractivity contribution in [1.82, 2.24) is 5.16 Å². The van der Waals surface area contributed by atoms with Crippen LogP contribution in [-0.4, -0.2) is 27.2 Å². The SMILES string of the molecule is N#Cc1ccc(NC(=O)c2noc3cc(-c4cccc(CO)c4)ccc23)c(C(=O)O)c1. The number of aliphatic hydroxyl groups is 1. The van der Waals surface area contributed by atoms with E-state index in [1.165, 1.54) is 18.2 Å². The number of fused-ring (bicyclic) bond motifs is 1. The average molecular weight is 413 g/mol. The second-order valence-electron chi connectivity index (χ2n) is 6.73. The number of carbonyl (C=O) groups excluding carboxylic acids is 1. The number of amides is 1. The topological polar surface area (TPSA) is 136 Å². The smallest absolute Gasteiger partial charge is 0.337 e. The highest BCUT2D eigenvalue weighted by atomic mass is 16.5. The van der Waals surface area contributed by atoms with Crippen molar-refractivity contribution < 1.29 is 24.3 Å². The van der Waals surface area contributed by atoms with Gasteiger partial charge in [0.2, 0.25) is 0 Å². The third-order valence-corrected chi connectivity index (χ3v) is 4.76. The van der Waals surface area contributed by atoms with Crippen molar-refractivity contribution in [2.45, 2.75) is 6.61 Å². The van der Waals surface area contributed by atoms with Crippen LogP contribution in [0, 0.1) is 11.3 Å². The van der Waals surface area contributed by atoms with Gasteiger partial charge in [0, 0.05) is 0 Å². The first-order valence-corrected chi connectivity index (χ1v) is 9.18. The Hall–Kier alpha value is -4.48. The van der Waals surface area contributed by atoms with E-state index in [1.54, 1.807) is 18.2 Å². The Morgan fingerprint density at radius 2 is 1.87 bits per heavy atom. The van der Waals surface area contributed by atoms with Gasteiger partial charge in [-0.2, -0.15) is 5.26 Å². The summed E-state index contributed by atoms with van der Waals surface area (Å²) in [5.74, 6) is -1.91. The van der Waals surface area contributed by atoms with Gasteiger partial charge in [-0.05, 0) is 53.1 Å². The normalized spacial score (nSPS) is 10.6. The number of carbonyl (C=O) groups is 2. The maximum Gasteiger partial charge on any atom is 0.337 e. The highest BCUT2D eigenvalue weighted by Gasteiger charge is 2.20. The standard InChI is InChI=1S/C23H15N3O5/c24-11-13-4-7-19(18(9-13)23(29)30)25-22(28)21-17-6-5-16(10-20(17)31-26-21)15-3-1-2-14(8-15)12-27/h1-10,27H,12H2,(H,25,28)(H,29,30). The van der Waals surface area contributed by atoms with Gasteiger partial charge in [-0.25, -0.2) is 4.79 Å². The number of aromatic carboxylic acids is 1. The molecule has 1 aromatic heterocycles. The lowest BCUT2D eigenvalue weighted by atomic mass is 10.0. The van der Waals surface area contributed by atoms with Crippen LogP contribution in [0.4, 0.5) is 5.69 Å². The lowest BCUT2D eigenvalue weighted by Gasteiger charge is -2.07. The van der Waals surface area contributed by atoms with Crippen LogP contribution in [0.2, 0.25) is 0 Å². The zero-order valence-electron chi connectivity index (χ0n) is 16.0. The van der Waals surface area contributed by atoms with E-state index in [2.05, 4.69) is 10.5 Å². The summed E-state index contributed by atoms with van der Waals surface area (Å²) in [6.45, 7) is -0.0730. The summed E-state index contributed by atoms with van der Waals surface area (Å²) in [5, 5.41) is 34.5. The number of hydrogen-bond acceptors (Lipinski definition) is 6. The zero-order valence-corrected chi connectivity index (χ0v) is 16.0. The lowest BCUT2D eigenvalue weighted by molar-refractivity contribution is 0.0698. The second-order valence-corrected chi connectivity index (χ2v) is 6.73. The molecule has 1 amide bonds. The number of nitriles is 1. The maximum absolute atomic E-state index is 12.7. The first-order valence-electron chi connectivity index (χ1n) is 9.18. The summed E-state index contributed by atoms with van der Waals surface area (Å²) in [6, 6.07) is 18.4. The summed E-state index contributed by atoms with van der Waals surface area (Å²) in [7, 11) is 0. The molecule has 1 heterocycles. The predicted molar refractivity (Wildman–Crippen MR) is 111 cm³/mol. The van der Waals surface area contributed by atoms with E-state index >= 15 is 0 Å². The fourth-order valence-electron chi connectivity index (χ4n) is 3.21. The molecule has 0 saturated heterocycles. The number of nitrogens with zero attached hydrogens (tertiary/aromatic N) is 2. The zero-order chi connectivity index (χ0) is 22.0. The summed E-state index contributed by atoms with van der Waals surface area (Å²) in [4.78, 5) is 24.2. The minimum absolute atomic E-state index is 0.00589. The fraction of sp³-hybridized carbons (Fsp3) is 0.0435. The molecular formula is C23H15N3O5. The number of carboxylic acid groups (broad SMARTS) is 1. The molecule has 0 spiro atoms. The molecule has 0 aliphatic heterocycles. The number of nitrogens with one attached hydrogen (secondary N) is 1. The van der Waals surface area contributed by atoms with Crippen LogP contribution < -0.4 is 5.32 Å². The molecule has 0 unspecified atom stereocenters. The van der Waals surface area contributed by atoms with Crippen LogP contribution in [0.1, 0.15) is 32.0 Å². The van der Waals surface area contributed by atoms with Crippen LogP contribution in [0.5, 0.6) is 0 Å². The predicted octanol–water partition coefficient (Wildman–Crippen LogP) is 3.81. The molecule has 0 fully saturated rings. The number of anilines is 1. The van der Waals surface area contributed by atoms with E-state index in [0.29, 0.717) is 11.0 Å². The molecule has 0 aliphatic carbocycles. The van der Waals surface area contributed by atoms with Crippen molar-refractivity contribution >= 4 is 28.5 Å². The molecule has 0 radical (unpaired) electrons. The van der Waals surface area contributed by atoms with Gasteiger partial charge in [0.1, 0.15) is 0 Å². The number of benzene rings is 3. The Morgan fingerprint density at radius 1 is 1.06 bits per heavy atom. The van der Waals surface area contributed by atoms with Crippen molar-refractivity contribution in [1.29, 1.82) is 5.26 Å². The molecule has 0 saturated carbocycles. The minimum atomic E-state index is -1.27. The molecule has 3 N–H and O–H groups in total. The molecule has 0 atom stereocenters. The number of carboxylic acids is 1. The minimum Gasteiger partial charge on any atom is -0.478 e. The number of aromatic nitrogens is 1. The Kier molecular flexibility index (Phi) is 5.18. The molecule has 0 aliphatic rings. The monoisotopic (exact) mass is 413 g/mol. The van der Waals surface area contributed by atoms with Crippen LogP contribution >= 0.6 is 0 Å². The summed E-state index contributed by atoms with van der Waals surface area (Å²) >= 11 is 0. The van der Waals surface area contributed by atoms with Crippen LogP contribution in [0.25, 0.3) is 22.1 Å². The summed E-state index contributed by atoms with van der Waals surface area (Å²) in [6.07, 6.45) is 0. The van der Waals surface area contributed by atoms with E-state index in [9.17, 15) is 19.8 Å². The largest absolute Gasteiger partial charge is 0.478 e. The lowest BCUT2D eigenvalue weighted by Crippen LogP contribution is -2.15. The van der Waals surface area contributed by atoms with Gasteiger partial charge in [-0.15, -0.1) is 0 Å². The molecule has 4 rings (SSSR count). The van der Waals surface area contributed by atoms with Crippen molar-refractivity contribution in [2.75, 3.05) is 5.32 Å². The molecule has 31 heavy (non-hydrogen) atoms. The average Bonchev–Trinajstić information content (AvgIpc) is 3.22. The van der Waals surface area contributed by atoms with Crippen LogP contribution in [0.15, 0.2) is 65.2 Å². The van der Waals surface area contributed by atoms with Gasteiger partial charge < -0.3 is 20.1 Å². The van der Waals surface area contributed by atoms with Gasteiger partial charge in [0.25, 0.3) is 5.91 Å². The highest BCUT2D eigenvalue weighted by molar-refractivity contribution is 6.12. The Bertz CT molecular complexity index is 1370. The molecule has 0 bridgehead atoms. The molecule has 3 aromatic carbocycles. The van der Waals surface area contributed by atoms with E-state index in [1.807, 2.05) is 30.3 Å². The van der Waals surface area contributed by atoms with Crippen molar-refractivity contribution in [3.63, 3.8) is 0 Å². The highest BCUT2D eigenvalue weighted by Crippen LogP contribution is 2.28. The fourth-order valence-corrected chi connectivity index (χ4v) is 3.21. The van der Waals surface area contributed by atoms with Gasteiger partial charge in [-0.1, -0.05) is 29.4 Å². The third-order valence-electron chi connectivity index (χ3n) is 4.76. The third kappa shape index (κ3) is 3.85. The Balaban J connectivity index is 1.66. The van der Waals surface area contributed by atoms with Gasteiger partial charge >= 0.3 is 5.97 Å². The van der Waals surface area contributed by atoms with E-state index in [4.69, 9.17) is 9.78 Å². The van der Waals surface area contributed by atoms with E-state index in [-0.39, 0.29) is 29.1 Å². The maximum atomic E-state index is 12.7. The molecule has 4 aromatic rings. The first-order chi connectivity index (χ1) is 15.0. The molecule has 152 valence electrons. The van der Waals surface area contributed by atoms with Crippen molar-refractivity contribution in [2.24, 2.45) is 0 Å². The van der Waals surface area contributed by atoms with Crippen molar-refractivity contribution in [3.8, 4) is 17.2 Å². The summed E-state index contributed by atoms with van der Waals surface area (Å²) in [5.41, 5.74) is 2.87. The van der Waals surface area contributed by atoms with E-state index in [0.717, 1.165) is 16.7 Å². The second kappa shape index (κ2) is 8.10. The molecule has 8 nitrogen and oxygen atoms in total. The van der Waals surface area contributed by atoms with Gasteiger partial charge in [-0.3, -0.25) is 4.79 Å².